The first kappa shape index (κ1) is 13.2. The minimum absolute atomic E-state index is 0.101. The molecule has 1 atom stereocenters. The third-order valence-electron chi connectivity index (χ3n) is 2.80. The van der Waals surface area contributed by atoms with Gasteiger partial charge in [0.1, 0.15) is 0 Å². The zero-order valence-corrected chi connectivity index (χ0v) is 11.7. The molecular formula is C14H19N3S. The second-order valence-corrected chi connectivity index (χ2v) is 5.65. The van der Waals surface area contributed by atoms with Crippen molar-refractivity contribution in [3.8, 4) is 0 Å². The van der Waals surface area contributed by atoms with E-state index in [0.717, 1.165) is 12.2 Å². The van der Waals surface area contributed by atoms with Gasteiger partial charge in [0.15, 0.2) is 0 Å². The van der Waals surface area contributed by atoms with Crippen LogP contribution in [0.4, 0.5) is 0 Å². The maximum Gasteiger partial charge on any atom is 0.0521 e. The molecule has 0 radical (unpaired) electrons. The van der Waals surface area contributed by atoms with Gasteiger partial charge in [-0.15, -0.1) is 11.8 Å². The average Bonchev–Trinajstić information content (AvgIpc) is 2.75. The van der Waals surface area contributed by atoms with Crippen molar-refractivity contribution >= 4 is 11.8 Å². The maximum absolute atomic E-state index is 5.88. The van der Waals surface area contributed by atoms with E-state index in [1.165, 1.54) is 16.0 Å². The summed E-state index contributed by atoms with van der Waals surface area (Å²) in [4.78, 5) is 1.29. The van der Waals surface area contributed by atoms with Crippen molar-refractivity contribution in [1.82, 2.24) is 9.78 Å². The molecule has 1 heterocycles. The van der Waals surface area contributed by atoms with E-state index in [0.29, 0.717) is 0 Å². The van der Waals surface area contributed by atoms with E-state index in [2.05, 4.69) is 35.6 Å². The molecule has 0 fully saturated rings. The molecule has 3 nitrogen and oxygen atoms in total. The second-order valence-electron chi connectivity index (χ2n) is 4.48. The molecule has 2 aromatic rings. The molecule has 0 saturated heterocycles. The van der Waals surface area contributed by atoms with Crippen LogP contribution >= 0.6 is 11.8 Å². The van der Waals surface area contributed by atoms with Gasteiger partial charge < -0.3 is 5.73 Å². The first-order chi connectivity index (χ1) is 8.65. The van der Waals surface area contributed by atoms with E-state index >= 15 is 0 Å². The molecule has 1 unspecified atom stereocenters. The van der Waals surface area contributed by atoms with E-state index in [1.54, 1.807) is 0 Å². The Morgan fingerprint density at radius 2 is 2.28 bits per heavy atom. The van der Waals surface area contributed by atoms with Gasteiger partial charge >= 0.3 is 0 Å². The zero-order valence-electron chi connectivity index (χ0n) is 10.8. The smallest absolute Gasteiger partial charge is 0.0521 e. The first-order valence-corrected chi connectivity index (χ1v) is 7.09. The van der Waals surface area contributed by atoms with Gasteiger partial charge in [0.05, 0.1) is 6.20 Å². The van der Waals surface area contributed by atoms with Crippen LogP contribution in [-0.2, 0) is 13.5 Å². The molecule has 18 heavy (non-hydrogen) atoms. The number of nitrogens with two attached hydrogens (primary N) is 1. The average molecular weight is 261 g/mol. The molecule has 0 saturated carbocycles. The molecule has 1 aromatic heterocycles. The van der Waals surface area contributed by atoms with Crippen LogP contribution in [0.25, 0.3) is 0 Å². The summed E-state index contributed by atoms with van der Waals surface area (Å²) in [6.45, 7) is 2.01. The second kappa shape index (κ2) is 6.07. The van der Waals surface area contributed by atoms with Crippen LogP contribution in [-0.4, -0.2) is 15.5 Å². The molecule has 4 heteroatoms. The summed E-state index contributed by atoms with van der Waals surface area (Å²) in [6, 6.07) is 8.57. The van der Waals surface area contributed by atoms with Crippen molar-refractivity contribution in [3.63, 3.8) is 0 Å². The van der Waals surface area contributed by atoms with Crippen LogP contribution < -0.4 is 5.73 Å². The van der Waals surface area contributed by atoms with Crippen molar-refractivity contribution < 1.29 is 0 Å². The Morgan fingerprint density at radius 1 is 1.44 bits per heavy atom. The molecule has 0 aliphatic heterocycles. The standard InChI is InChI=1S/C14H19N3S/c1-11(15)13-4-3-5-14(8-13)18-7-6-12-9-16-17(2)10-12/h3-5,8-11H,6-7,15H2,1-2H3. The SMILES string of the molecule is CC(N)c1cccc(SCCc2cnn(C)c2)c1. The lowest BCUT2D eigenvalue weighted by atomic mass is 10.1. The minimum Gasteiger partial charge on any atom is -0.324 e. The fourth-order valence-electron chi connectivity index (χ4n) is 1.78. The Balaban J connectivity index is 1.88. The number of aryl methyl sites for hydroxylation is 2. The van der Waals surface area contributed by atoms with Gasteiger partial charge in [-0.2, -0.15) is 5.10 Å². The number of aromatic nitrogens is 2. The molecule has 0 aliphatic rings. The van der Waals surface area contributed by atoms with Crippen LogP contribution in [0.2, 0.25) is 0 Å². The van der Waals surface area contributed by atoms with Crippen LogP contribution in [0.3, 0.4) is 0 Å². The third kappa shape index (κ3) is 3.62. The Labute approximate surface area is 112 Å². The zero-order chi connectivity index (χ0) is 13.0. The summed E-state index contributed by atoms with van der Waals surface area (Å²) in [7, 11) is 1.95. The van der Waals surface area contributed by atoms with Crippen molar-refractivity contribution in [3.05, 3.63) is 47.8 Å². The maximum atomic E-state index is 5.88. The normalized spacial score (nSPS) is 12.6. The van der Waals surface area contributed by atoms with Gasteiger partial charge in [0, 0.05) is 29.9 Å². The van der Waals surface area contributed by atoms with Crippen molar-refractivity contribution in [2.75, 3.05) is 5.75 Å². The Morgan fingerprint density at radius 3 is 2.94 bits per heavy atom. The number of rotatable bonds is 5. The first-order valence-electron chi connectivity index (χ1n) is 6.11. The van der Waals surface area contributed by atoms with Crippen LogP contribution in [0.15, 0.2) is 41.6 Å². The Hall–Kier alpha value is -1.26. The van der Waals surface area contributed by atoms with Gasteiger partial charge in [0.25, 0.3) is 0 Å². The van der Waals surface area contributed by atoms with Crippen LogP contribution in [0.5, 0.6) is 0 Å². The summed E-state index contributed by atoms with van der Waals surface area (Å²) >= 11 is 1.86. The summed E-state index contributed by atoms with van der Waals surface area (Å²) in [5, 5.41) is 4.17. The Kier molecular flexibility index (Phi) is 4.44. The van der Waals surface area contributed by atoms with E-state index in [1.807, 2.05) is 36.6 Å². The molecule has 0 amide bonds. The lowest BCUT2D eigenvalue weighted by molar-refractivity contribution is 0.767. The highest BCUT2D eigenvalue weighted by atomic mass is 32.2. The highest BCUT2D eigenvalue weighted by molar-refractivity contribution is 7.99. The predicted molar refractivity (Wildman–Crippen MR) is 76.7 cm³/mol. The molecule has 1 aromatic carbocycles. The van der Waals surface area contributed by atoms with Gasteiger partial charge in [0.2, 0.25) is 0 Å². The highest BCUT2D eigenvalue weighted by Crippen LogP contribution is 2.22. The molecule has 0 aliphatic carbocycles. The number of benzene rings is 1. The monoisotopic (exact) mass is 261 g/mol. The van der Waals surface area contributed by atoms with Crippen molar-refractivity contribution in [2.24, 2.45) is 12.8 Å². The number of hydrogen-bond donors (Lipinski definition) is 1. The molecule has 2 rings (SSSR count). The molecule has 0 spiro atoms. The lowest BCUT2D eigenvalue weighted by Gasteiger charge is -2.07. The van der Waals surface area contributed by atoms with Gasteiger partial charge in [-0.25, -0.2) is 0 Å². The third-order valence-corrected chi connectivity index (χ3v) is 3.80. The fraction of sp³-hybridized carbons (Fsp3) is 0.357. The lowest BCUT2D eigenvalue weighted by Crippen LogP contribution is -2.04. The highest BCUT2D eigenvalue weighted by Gasteiger charge is 2.02. The summed E-state index contributed by atoms with van der Waals surface area (Å²) in [5.41, 5.74) is 8.37. The number of nitrogens with zero attached hydrogens (tertiary/aromatic N) is 2. The summed E-state index contributed by atoms with van der Waals surface area (Å²) in [6.07, 6.45) is 5.04. The quantitative estimate of drug-likeness (QED) is 0.842. The van der Waals surface area contributed by atoms with E-state index in [4.69, 9.17) is 5.73 Å². The largest absolute Gasteiger partial charge is 0.324 e. The number of hydrogen-bond acceptors (Lipinski definition) is 3. The Bertz CT molecular complexity index is 505. The van der Waals surface area contributed by atoms with Crippen molar-refractivity contribution in [2.45, 2.75) is 24.3 Å². The van der Waals surface area contributed by atoms with Gasteiger partial charge in [-0.3, -0.25) is 4.68 Å². The van der Waals surface area contributed by atoms with Gasteiger partial charge in [-0.1, -0.05) is 12.1 Å². The molecular weight excluding hydrogens is 242 g/mol. The van der Waals surface area contributed by atoms with E-state index in [9.17, 15) is 0 Å². The molecule has 2 N–H and O–H groups in total. The fourth-order valence-corrected chi connectivity index (χ4v) is 2.74. The number of thioether (sulfide) groups is 1. The topological polar surface area (TPSA) is 43.8 Å². The molecule has 0 bridgehead atoms. The van der Waals surface area contributed by atoms with Crippen LogP contribution in [0, 0.1) is 0 Å². The van der Waals surface area contributed by atoms with E-state index < -0.39 is 0 Å². The predicted octanol–water partition coefficient (Wildman–Crippen LogP) is 2.77. The van der Waals surface area contributed by atoms with Crippen molar-refractivity contribution in [1.29, 1.82) is 0 Å². The summed E-state index contributed by atoms with van der Waals surface area (Å²) < 4.78 is 1.84. The van der Waals surface area contributed by atoms with Crippen LogP contribution in [0.1, 0.15) is 24.1 Å². The van der Waals surface area contributed by atoms with Gasteiger partial charge in [-0.05, 0) is 36.6 Å². The molecule has 96 valence electrons. The summed E-state index contributed by atoms with van der Waals surface area (Å²) in [5.74, 6) is 1.06. The van der Waals surface area contributed by atoms with E-state index in [-0.39, 0.29) is 6.04 Å². The minimum atomic E-state index is 0.101.